The Labute approximate surface area is 227 Å². The molecule has 0 radical (unpaired) electrons. The topological polar surface area (TPSA) is 156 Å². The van der Waals surface area contributed by atoms with Gasteiger partial charge in [-0.15, -0.1) is 0 Å². The standard InChI is InChI=1S/C26H27N7O5S/c1-25(2,3)15-6-8-16(9-7-15)32-21-17(14-27-32)20(28-22(34)18-10-11-19(39-18)33(37)38)29-23(30-21)26(24(35)36)12-5-13-31(26)4/h6-11,14H,5,12-13H2,1-4H3,(H,35,36)(H,28,29,30,34)/t26-/m1/s1. The first-order valence-corrected chi connectivity index (χ1v) is 13.1. The van der Waals surface area contributed by atoms with Gasteiger partial charge < -0.3 is 10.4 Å². The zero-order chi connectivity index (χ0) is 28.1. The van der Waals surface area contributed by atoms with Crippen molar-refractivity contribution in [3.05, 3.63) is 69.0 Å². The van der Waals surface area contributed by atoms with Crippen molar-refractivity contribution in [1.29, 1.82) is 0 Å². The Kier molecular flexibility index (Phi) is 6.43. The van der Waals surface area contributed by atoms with E-state index in [-0.39, 0.29) is 26.9 Å². The number of hydrogen-bond acceptors (Lipinski definition) is 9. The molecule has 2 N–H and O–H groups in total. The molecule has 13 heteroatoms. The van der Waals surface area contributed by atoms with Crippen LogP contribution in [-0.4, -0.2) is 60.1 Å². The number of carboxylic acid groups (broad SMARTS) is 1. The van der Waals surface area contributed by atoms with Gasteiger partial charge in [-0.25, -0.2) is 19.4 Å². The Morgan fingerprint density at radius 3 is 2.44 bits per heavy atom. The summed E-state index contributed by atoms with van der Waals surface area (Å²) in [5.74, 6) is -1.59. The molecule has 202 valence electrons. The van der Waals surface area contributed by atoms with Crippen LogP contribution in [0.25, 0.3) is 16.7 Å². The van der Waals surface area contributed by atoms with Gasteiger partial charge in [-0.05, 0) is 55.6 Å². The predicted molar refractivity (Wildman–Crippen MR) is 145 cm³/mol. The predicted octanol–water partition coefficient (Wildman–Crippen LogP) is 4.34. The second-order valence-electron chi connectivity index (χ2n) is 10.5. The summed E-state index contributed by atoms with van der Waals surface area (Å²) in [6.45, 7) is 6.89. The average Bonchev–Trinajstić information content (AvgIpc) is 3.62. The molecule has 1 saturated heterocycles. The van der Waals surface area contributed by atoms with Gasteiger partial charge in [-0.2, -0.15) is 5.10 Å². The van der Waals surface area contributed by atoms with Crippen LogP contribution >= 0.6 is 11.3 Å². The second-order valence-corrected chi connectivity index (χ2v) is 11.6. The number of nitro groups is 1. The molecule has 0 spiro atoms. The second kappa shape index (κ2) is 9.50. The molecular formula is C26H27N7O5S. The van der Waals surface area contributed by atoms with Crippen molar-refractivity contribution in [2.24, 2.45) is 0 Å². The number of hydrogen-bond donors (Lipinski definition) is 2. The van der Waals surface area contributed by atoms with E-state index in [1.54, 1.807) is 16.6 Å². The molecule has 0 aliphatic carbocycles. The van der Waals surface area contributed by atoms with Crippen molar-refractivity contribution in [3.8, 4) is 5.69 Å². The van der Waals surface area contributed by atoms with Crippen molar-refractivity contribution in [3.63, 3.8) is 0 Å². The van der Waals surface area contributed by atoms with Crippen LogP contribution < -0.4 is 5.32 Å². The van der Waals surface area contributed by atoms with Gasteiger partial charge in [0.25, 0.3) is 5.91 Å². The maximum atomic E-state index is 13.1. The molecule has 4 aromatic rings. The molecule has 0 saturated carbocycles. The van der Waals surface area contributed by atoms with E-state index in [0.29, 0.717) is 36.1 Å². The van der Waals surface area contributed by atoms with Crippen LogP contribution in [0.4, 0.5) is 10.8 Å². The lowest BCUT2D eigenvalue weighted by Gasteiger charge is -2.30. The largest absolute Gasteiger partial charge is 0.480 e. The monoisotopic (exact) mass is 549 g/mol. The maximum Gasteiger partial charge on any atom is 0.332 e. The van der Waals surface area contributed by atoms with E-state index in [9.17, 15) is 24.8 Å². The van der Waals surface area contributed by atoms with Crippen molar-refractivity contribution < 1.29 is 19.6 Å². The number of nitrogens with one attached hydrogen (secondary N) is 1. The first-order chi connectivity index (χ1) is 18.4. The number of benzene rings is 1. The van der Waals surface area contributed by atoms with Crippen LogP contribution in [0.2, 0.25) is 0 Å². The van der Waals surface area contributed by atoms with Crippen LogP contribution in [0.3, 0.4) is 0 Å². The Balaban J connectivity index is 1.66. The molecule has 1 fully saturated rings. The Bertz CT molecular complexity index is 1610. The van der Waals surface area contributed by atoms with Crippen LogP contribution in [0.15, 0.2) is 42.6 Å². The number of carboxylic acids is 1. The number of carbonyl (C=O) groups is 2. The zero-order valence-electron chi connectivity index (χ0n) is 21.8. The number of likely N-dealkylation sites (tertiary alicyclic amines) is 1. The zero-order valence-corrected chi connectivity index (χ0v) is 22.7. The molecule has 4 heterocycles. The highest BCUT2D eigenvalue weighted by molar-refractivity contribution is 7.17. The summed E-state index contributed by atoms with van der Waals surface area (Å²) in [6, 6.07) is 10.4. The van der Waals surface area contributed by atoms with Crippen molar-refractivity contribution in [1.82, 2.24) is 24.6 Å². The maximum absolute atomic E-state index is 13.1. The number of anilines is 1. The summed E-state index contributed by atoms with van der Waals surface area (Å²) in [5.41, 5.74) is 0.638. The molecule has 3 aromatic heterocycles. The third-order valence-corrected chi connectivity index (χ3v) is 8.08. The van der Waals surface area contributed by atoms with E-state index in [1.165, 1.54) is 18.3 Å². The third-order valence-electron chi connectivity index (χ3n) is 7.04. The summed E-state index contributed by atoms with van der Waals surface area (Å²) in [5, 5.41) is 28.9. The molecule has 1 atom stereocenters. The smallest absolute Gasteiger partial charge is 0.332 e. The van der Waals surface area contributed by atoms with Crippen molar-refractivity contribution >= 4 is 45.1 Å². The van der Waals surface area contributed by atoms with Crippen molar-refractivity contribution in [2.45, 2.75) is 44.6 Å². The third kappa shape index (κ3) is 4.53. The van der Waals surface area contributed by atoms with Gasteiger partial charge in [0.05, 0.1) is 27.1 Å². The molecule has 1 amide bonds. The van der Waals surface area contributed by atoms with Crippen LogP contribution in [0.5, 0.6) is 0 Å². The highest BCUT2D eigenvalue weighted by atomic mass is 32.1. The number of amides is 1. The minimum Gasteiger partial charge on any atom is -0.480 e. The normalized spacial score (nSPS) is 17.9. The molecule has 12 nitrogen and oxygen atoms in total. The van der Waals surface area contributed by atoms with Crippen LogP contribution in [0.1, 0.15) is 54.7 Å². The summed E-state index contributed by atoms with van der Waals surface area (Å²) >= 11 is 0.735. The Hall–Kier alpha value is -4.23. The van der Waals surface area contributed by atoms with E-state index in [0.717, 1.165) is 16.9 Å². The molecule has 1 aliphatic rings. The number of carbonyl (C=O) groups excluding carboxylic acids is 1. The SMILES string of the molecule is CN1CCC[C@]1(C(=O)O)c1nc(NC(=O)c2ccc([N+](=O)[O-])s2)c2cnn(-c3ccc(C(C)(C)C)cc3)c2n1. The number of rotatable bonds is 6. The van der Waals surface area contributed by atoms with E-state index in [1.807, 2.05) is 24.3 Å². The number of nitrogens with zero attached hydrogens (tertiary/aromatic N) is 6. The molecule has 1 aromatic carbocycles. The lowest BCUT2D eigenvalue weighted by atomic mass is 9.87. The van der Waals surface area contributed by atoms with Crippen LogP contribution in [-0.2, 0) is 15.7 Å². The average molecular weight is 550 g/mol. The molecular weight excluding hydrogens is 522 g/mol. The van der Waals surface area contributed by atoms with Gasteiger partial charge in [0.1, 0.15) is 5.82 Å². The van der Waals surface area contributed by atoms with Gasteiger partial charge in [-0.1, -0.05) is 44.2 Å². The number of likely N-dealkylation sites (N-methyl/N-ethyl adjacent to an activating group) is 1. The molecule has 1 aliphatic heterocycles. The fourth-order valence-electron chi connectivity index (χ4n) is 4.80. The molecule has 0 bridgehead atoms. The molecule has 0 unspecified atom stereocenters. The van der Waals surface area contributed by atoms with Gasteiger partial charge >= 0.3 is 11.0 Å². The number of aromatic nitrogens is 4. The fourth-order valence-corrected chi connectivity index (χ4v) is 5.51. The Morgan fingerprint density at radius 2 is 1.87 bits per heavy atom. The van der Waals surface area contributed by atoms with E-state index >= 15 is 0 Å². The summed E-state index contributed by atoms with van der Waals surface area (Å²) in [6.07, 6.45) is 2.44. The number of aliphatic carboxylic acids is 1. The van der Waals surface area contributed by atoms with Gasteiger partial charge in [0.2, 0.25) is 0 Å². The molecule has 5 rings (SSSR count). The van der Waals surface area contributed by atoms with Crippen LogP contribution in [0, 0.1) is 10.1 Å². The fraction of sp³-hybridized carbons (Fsp3) is 0.346. The quantitative estimate of drug-likeness (QED) is 0.264. The summed E-state index contributed by atoms with van der Waals surface area (Å²) in [4.78, 5) is 47.3. The number of fused-ring (bicyclic) bond motifs is 1. The lowest BCUT2D eigenvalue weighted by molar-refractivity contribution is -0.380. The first kappa shape index (κ1) is 26.4. The lowest BCUT2D eigenvalue weighted by Crippen LogP contribution is -2.47. The highest BCUT2D eigenvalue weighted by Crippen LogP contribution is 2.38. The minimum absolute atomic E-state index is 0.0306. The number of thiophene rings is 1. The minimum atomic E-state index is -1.49. The van der Waals surface area contributed by atoms with E-state index in [4.69, 9.17) is 4.98 Å². The highest BCUT2D eigenvalue weighted by Gasteiger charge is 2.50. The first-order valence-electron chi connectivity index (χ1n) is 12.3. The Morgan fingerprint density at radius 1 is 1.15 bits per heavy atom. The van der Waals surface area contributed by atoms with Gasteiger partial charge in [-0.3, -0.25) is 19.8 Å². The van der Waals surface area contributed by atoms with E-state index in [2.05, 4.69) is 36.2 Å². The molecule has 39 heavy (non-hydrogen) atoms. The van der Waals surface area contributed by atoms with Crippen molar-refractivity contribution in [2.75, 3.05) is 18.9 Å². The summed E-state index contributed by atoms with van der Waals surface area (Å²) < 4.78 is 1.59. The van der Waals surface area contributed by atoms with Gasteiger partial charge in [0.15, 0.2) is 17.0 Å². The van der Waals surface area contributed by atoms with E-state index < -0.39 is 22.3 Å². The summed E-state index contributed by atoms with van der Waals surface area (Å²) in [7, 11) is 1.71. The van der Waals surface area contributed by atoms with Gasteiger partial charge in [0, 0.05) is 6.07 Å².